The first-order chi connectivity index (χ1) is 5.77. The summed E-state index contributed by atoms with van der Waals surface area (Å²) in [6.07, 6.45) is 1.62. The molecule has 13 heavy (non-hydrogen) atoms. The number of H-pyrrole nitrogens is 1. The lowest BCUT2D eigenvalue weighted by Gasteiger charge is -1.95. The van der Waals surface area contributed by atoms with Gasteiger partial charge < -0.3 is 10.5 Å². The maximum atomic E-state index is 11.3. The zero-order valence-electron chi connectivity index (χ0n) is 6.67. The fraction of sp³-hybridized carbons (Fsp3) is 0. The Labute approximate surface area is 79.3 Å². The number of halogens is 1. The molecule has 0 bridgehead atoms. The minimum absolute atomic E-state index is 0. The molecule has 4 heteroatoms. The summed E-state index contributed by atoms with van der Waals surface area (Å²) in [5.41, 5.74) is 0.804. The smallest absolute Gasteiger partial charge is 0.189 e. The second kappa shape index (κ2) is 3.60. The molecule has 2 aromatic rings. The Hall–Kier alpha value is -1.32. The molecule has 0 fully saturated rings. The minimum atomic E-state index is -0.00810. The number of fused-ring (bicyclic) bond motifs is 1. The van der Waals surface area contributed by atoms with E-state index in [1.165, 1.54) is 6.07 Å². The van der Waals surface area contributed by atoms with Gasteiger partial charge in [-0.25, -0.2) is 0 Å². The average molecular weight is 198 g/mol. The van der Waals surface area contributed by atoms with Gasteiger partial charge >= 0.3 is 0 Å². The van der Waals surface area contributed by atoms with Gasteiger partial charge in [-0.05, 0) is 18.2 Å². The highest BCUT2D eigenvalue weighted by Crippen LogP contribution is 2.13. The van der Waals surface area contributed by atoms with Crippen LogP contribution in [0, 0.1) is 0 Å². The first kappa shape index (κ1) is 9.77. The van der Waals surface area contributed by atoms with Gasteiger partial charge in [0.25, 0.3) is 0 Å². The van der Waals surface area contributed by atoms with E-state index >= 15 is 0 Å². The zero-order chi connectivity index (χ0) is 8.55. The molecule has 3 N–H and O–H groups in total. The normalized spacial score (nSPS) is 9.62. The van der Waals surface area contributed by atoms with Crippen LogP contribution in [0.2, 0.25) is 5.02 Å². The van der Waals surface area contributed by atoms with Crippen LogP contribution >= 0.6 is 11.6 Å². The lowest BCUT2D eigenvalue weighted by atomic mass is 10.2. The summed E-state index contributed by atoms with van der Waals surface area (Å²) in [6, 6.07) is 6.69. The second-order valence-corrected chi connectivity index (χ2v) is 2.97. The van der Waals surface area contributed by atoms with Crippen molar-refractivity contribution in [1.82, 2.24) is 4.98 Å². The van der Waals surface area contributed by atoms with Crippen LogP contribution in [0.4, 0.5) is 0 Å². The van der Waals surface area contributed by atoms with Gasteiger partial charge in [-0.15, -0.1) is 0 Å². The third kappa shape index (κ3) is 1.71. The minimum Gasteiger partial charge on any atom is -0.412 e. The number of rotatable bonds is 0. The van der Waals surface area contributed by atoms with E-state index in [-0.39, 0.29) is 10.9 Å². The highest BCUT2D eigenvalue weighted by molar-refractivity contribution is 6.31. The van der Waals surface area contributed by atoms with Crippen LogP contribution in [0.15, 0.2) is 35.3 Å². The molecule has 68 valence electrons. The molecular weight excluding hydrogens is 190 g/mol. The largest absolute Gasteiger partial charge is 0.412 e. The Balaban J connectivity index is 0.000000845. The van der Waals surface area contributed by atoms with Gasteiger partial charge in [-0.3, -0.25) is 4.79 Å². The Bertz CT molecular complexity index is 478. The summed E-state index contributed by atoms with van der Waals surface area (Å²) in [6.45, 7) is 0. The maximum Gasteiger partial charge on any atom is 0.189 e. The van der Waals surface area contributed by atoms with Crippen molar-refractivity contribution in [1.29, 1.82) is 0 Å². The fourth-order valence-corrected chi connectivity index (χ4v) is 1.32. The number of hydrogen-bond donors (Lipinski definition) is 1. The SMILES string of the molecule is O.O=c1cc[nH]c2ccc(Cl)cc12. The van der Waals surface area contributed by atoms with Gasteiger partial charge in [-0.2, -0.15) is 0 Å². The number of aromatic nitrogens is 1. The van der Waals surface area contributed by atoms with Crippen LogP contribution in [-0.2, 0) is 0 Å². The molecule has 2 rings (SSSR count). The first-order valence-electron chi connectivity index (χ1n) is 3.54. The molecule has 0 atom stereocenters. The molecule has 0 aliphatic rings. The fourth-order valence-electron chi connectivity index (χ4n) is 1.14. The van der Waals surface area contributed by atoms with Crippen molar-refractivity contribution in [3.05, 3.63) is 45.7 Å². The molecule has 3 nitrogen and oxygen atoms in total. The van der Waals surface area contributed by atoms with Crippen molar-refractivity contribution < 1.29 is 5.48 Å². The Kier molecular flexibility index (Phi) is 2.70. The van der Waals surface area contributed by atoms with E-state index in [4.69, 9.17) is 11.6 Å². The number of benzene rings is 1. The van der Waals surface area contributed by atoms with E-state index in [1.807, 2.05) is 0 Å². The Morgan fingerprint density at radius 3 is 2.77 bits per heavy atom. The molecule has 0 unspecified atom stereocenters. The van der Waals surface area contributed by atoms with Gasteiger partial charge in [0.2, 0.25) is 0 Å². The number of nitrogens with one attached hydrogen (secondary N) is 1. The predicted molar refractivity (Wildman–Crippen MR) is 53.2 cm³/mol. The molecule has 0 saturated heterocycles. The van der Waals surface area contributed by atoms with E-state index in [0.717, 1.165) is 5.52 Å². The van der Waals surface area contributed by atoms with Crippen molar-refractivity contribution in [3.8, 4) is 0 Å². The van der Waals surface area contributed by atoms with Crippen molar-refractivity contribution in [2.24, 2.45) is 0 Å². The number of aromatic amines is 1. The van der Waals surface area contributed by atoms with Gasteiger partial charge in [0.1, 0.15) is 0 Å². The molecular formula is C9H8ClNO2. The highest BCUT2D eigenvalue weighted by atomic mass is 35.5. The topological polar surface area (TPSA) is 64.4 Å². The van der Waals surface area contributed by atoms with Gasteiger partial charge in [0, 0.05) is 28.2 Å². The first-order valence-corrected chi connectivity index (χ1v) is 3.92. The molecule has 0 saturated carbocycles. The Morgan fingerprint density at radius 1 is 1.23 bits per heavy atom. The van der Waals surface area contributed by atoms with Crippen molar-refractivity contribution in [3.63, 3.8) is 0 Å². The van der Waals surface area contributed by atoms with Crippen molar-refractivity contribution >= 4 is 22.5 Å². The summed E-state index contributed by atoms with van der Waals surface area (Å²) in [4.78, 5) is 14.2. The third-order valence-electron chi connectivity index (χ3n) is 1.72. The predicted octanol–water partition coefficient (Wildman–Crippen LogP) is 1.36. The third-order valence-corrected chi connectivity index (χ3v) is 1.96. The summed E-state index contributed by atoms with van der Waals surface area (Å²) >= 11 is 5.74. The van der Waals surface area contributed by atoms with Gasteiger partial charge in [0.05, 0.1) is 0 Å². The number of pyridine rings is 1. The zero-order valence-corrected chi connectivity index (χ0v) is 7.43. The Morgan fingerprint density at radius 2 is 2.00 bits per heavy atom. The van der Waals surface area contributed by atoms with Crippen LogP contribution in [0.5, 0.6) is 0 Å². The molecule has 0 radical (unpaired) electrons. The summed E-state index contributed by atoms with van der Waals surface area (Å²) < 4.78 is 0. The van der Waals surface area contributed by atoms with Crippen LogP contribution < -0.4 is 5.43 Å². The van der Waals surface area contributed by atoms with Crippen LogP contribution in [0.1, 0.15) is 0 Å². The summed E-state index contributed by atoms with van der Waals surface area (Å²) in [5, 5.41) is 1.21. The molecule has 1 aromatic heterocycles. The standard InChI is InChI=1S/C9H6ClNO.H2O/c10-6-1-2-8-7(5-6)9(12)3-4-11-8;/h1-5H,(H,11,12);1H2. The molecule has 1 heterocycles. The molecule has 0 spiro atoms. The second-order valence-electron chi connectivity index (χ2n) is 2.53. The van der Waals surface area contributed by atoms with E-state index in [2.05, 4.69) is 4.98 Å². The maximum absolute atomic E-state index is 11.3. The van der Waals surface area contributed by atoms with E-state index in [1.54, 1.807) is 24.4 Å². The molecule has 1 aromatic carbocycles. The van der Waals surface area contributed by atoms with Gasteiger partial charge in [-0.1, -0.05) is 11.6 Å². The summed E-state index contributed by atoms with van der Waals surface area (Å²) in [5.74, 6) is 0. The lowest BCUT2D eigenvalue weighted by Crippen LogP contribution is -1.99. The number of hydrogen-bond acceptors (Lipinski definition) is 1. The van der Waals surface area contributed by atoms with Crippen molar-refractivity contribution in [2.45, 2.75) is 0 Å². The molecule has 0 aliphatic heterocycles. The van der Waals surface area contributed by atoms with E-state index in [0.29, 0.717) is 10.4 Å². The highest BCUT2D eigenvalue weighted by Gasteiger charge is 1.96. The molecule has 0 amide bonds. The van der Waals surface area contributed by atoms with Crippen LogP contribution in [-0.4, -0.2) is 10.5 Å². The van der Waals surface area contributed by atoms with Crippen LogP contribution in [0.25, 0.3) is 10.9 Å². The molecule has 0 aliphatic carbocycles. The average Bonchev–Trinajstić information content (AvgIpc) is 2.07. The van der Waals surface area contributed by atoms with Crippen molar-refractivity contribution in [2.75, 3.05) is 0 Å². The summed E-state index contributed by atoms with van der Waals surface area (Å²) in [7, 11) is 0. The van der Waals surface area contributed by atoms with E-state index in [9.17, 15) is 4.79 Å². The van der Waals surface area contributed by atoms with Gasteiger partial charge in [0.15, 0.2) is 5.43 Å². The quantitative estimate of drug-likeness (QED) is 0.681. The lowest BCUT2D eigenvalue weighted by molar-refractivity contribution is 0.824. The monoisotopic (exact) mass is 197 g/mol. The van der Waals surface area contributed by atoms with E-state index < -0.39 is 0 Å². The van der Waals surface area contributed by atoms with Crippen LogP contribution in [0.3, 0.4) is 0 Å².